The highest BCUT2D eigenvalue weighted by Crippen LogP contribution is 2.30. The zero-order valence-corrected chi connectivity index (χ0v) is 12.3. The SMILES string of the molecule is CNC(c1ccc(C)c(F)c1)c1cccc(F)c1Br. The molecule has 0 aliphatic carbocycles. The third kappa shape index (κ3) is 2.85. The van der Waals surface area contributed by atoms with Crippen molar-refractivity contribution >= 4 is 15.9 Å². The smallest absolute Gasteiger partial charge is 0.137 e. The van der Waals surface area contributed by atoms with E-state index in [2.05, 4.69) is 21.2 Å². The molecule has 2 rings (SSSR count). The number of aryl methyl sites for hydroxylation is 1. The molecule has 1 N–H and O–H groups in total. The second-order valence-corrected chi connectivity index (χ2v) is 5.17. The average molecular weight is 326 g/mol. The fourth-order valence-corrected chi connectivity index (χ4v) is 2.53. The van der Waals surface area contributed by atoms with Gasteiger partial charge in [0.2, 0.25) is 0 Å². The molecule has 0 aromatic heterocycles. The average Bonchev–Trinajstić information content (AvgIpc) is 2.39. The van der Waals surface area contributed by atoms with Crippen molar-refractivity contribution in [3.05, 3.63) is 69.2 Å². The number of hydrogen-bond donors (Lipinski definition) is 1. The summed E-state index contributed by atoms with van der Waals surface area (Å²) in [4.78, 5) is 0. The van der Waals surface area contributed by atoms with Gasteiger partial charge in [-0.05, 0) is 58.7 Å². The van der Waals surface area contributed by atoms with Gasteiger partial charge in [-0.1, -0.05) is 24.3 Å². The lowest BCUT2D eigenvalue weighted by molar-refractivity contribution is 0.599. The van der Waals surface area contributed by atoms with Gasteiger partial charge in [0.05, 0.1) is 10.5 Å². The van der Waals surface area contributed by atoms with Crippen LogP contribution in [0.3, 0.4) is 0 Å². The topological polar surface area (TPSA) is 12.0 Å². The molecule has 0 radical (unpaired) electrons. The van der Waals surface area contributed by atoms with E-state index in [4.69, 9.17) is 0 Å². The summed E-state index contributed by atoms with van der Waals surface area (Å²) in [6.45, 7) is 1.71. The summed E-state index contributed by atoms with van der Waals surface area (Å²) in [5.74, 6) is -0.587. The van der Waals surface area contributed by atoms with Crippen molar-refractivity contribution in [1.29, 1.82) is 0 Å². The third-order valence-corrected chi connectivity index (χ3v) is 3.95. The Kier molecular flexibility index (Phi) is 4.32. The van der Waals surface area contributed by atoms with Gasteiger partial charge in [0.25, 0.3) is 0 Å². The Hall–Kier alpha value is -1.26. The molecule has 0 bridgehead atoms. The first kappa shape index (κ1) is 14.2. The first-order valence-corrected chi connectivity index (χ1v) is 6.71. The van der Waals surface area contributed by atoms with Crippen LogP contribution < -0.4 is 5.32 Å². The van der Waals surface area contributed by atoms with Crippen LogP contribution in [0.5, 0.6) is 0 Å². The van der Waals surface area contributed by atoms with Gasteiger partial charge in [0, 0.05) is 0 Å². The maximum atomic E-state index is 13.7. The second-order valence-electron chi connectivity index (χ2n) is 4.37. The predicted octanol–water partition coefficient (Wildman–Crippen LogP) is 4.34. The number of hydrogen-bond acceptors (Lipinski definition) is 1. The Labute approximate surface area is 119 Å². The van der Waals surface area contributed by atoms with Gasteiger partial charge in [-0.25, -0.2) is 8.78 Å². The van der Waals surface area contributed by atoms with Gasteiger partial charge in [-0.3, -0.25) is 0 Å². The van der Waals surface area contributed by atoms with Crippen LogP contribution >= 0.6 is 15.9 Å². The largest absolute Gasteiger partial charge is 0.309 e. The first-order valence-electron chi connectivity index (χ1n) is 5.92. The lowest BCUT2D eigenvalue weighted by atomic mass is 9.97. The van der Waals surface area contributed by atoms with E-state index in [1.807, 2.05) is 12.1 Å². The maximum absolute atomic E-state index is 13.7. The maximum Gasteiger partial charge on any atom is 0.137 e. The zero-order valence-electron chi connectivity index (χ0n) is 10.7. The van der Waals surface area contributed by atoms with Crippen molar-refractivity contribution in [3.8, 4) is 0 Å². The summed E-state index contributed by atoms with van der Waals surface area (Å²) >= 11 is 3.24. The molecular weight excluding hydrogens is 312 g/mol. The molecule has 1 unspecified atom stereocenters. The summed E-state index contributed by atoms with van der Waals surface area (Å²) < 4.78 is 27.6. The molecule has 19 heavy (non-hydrogen) atoms. The van der Waals surface area contributed by atoms with Gasteiger partial charge in [-0.15, -0.1) is 0 Å². The van der Waals surface area contributed by atoms with E-state index in [9.17, 15) is 8.78 Å². The molecule has 0 amide bonds. The molecule has 0 fully saturated rings. The van der Waals surface area contributed by atoms with E-state index in [1.54, 1.807) is 26.1 Å². The Morgan fingerprint density at radius 2 is 1.84 bits per heavy atom. The lowest BCUT2D eigenvalue weighted by Gasteiger charge is -2.19. The van der Waals surface area contributed by atoms with Crippen molar-refractivity contribution in [1.82, 2.24) is 5.32 Å². The van der Waals surface area contributed by atoms with Crippen LogP contribution in [0.25, 0.3) is 0 Å². The monoisotopic (exact) mass is 325 g/mol. The molecule has 0 aliphatic heterocycles. The number of nitrogens with one attached hydrogen (secondary N) is 1. The molecule has 2 aromatic rings. The lowest BCUT2D eigenvalue weighted by Crippen LogP contribution is -2.18. The van der Waals surface area contributed by atoms with E-state index >= 15 is 0 Å². The summed E-state index contributed by atoms with van der Waals surface area (Å²) in [6.07, 6.45) is 0. The summed E-state index contributed by atoms with van der Waals surface area (Å²) in [5.41, 5.74) is 2.10. The molecule has 0 aliphatic rings. The Morgan fingerprint density at radius 1 is 1.11 bits per heavy atom. The molecule has 100 valence electrons. The summed E-state index contributed by atoms with van der Waals surface area (Å²) in [5, 5.41) is 3.09. The summed E-state index contributed by atoms with van der Waals surface area (Å²) in [6, 6.07) is 9.62. The van der Waals surface area contributed by atoms with Crippen LogP contribution in [-0.2, 0) is 0 Å². The zero-order chi connectivity index (χ0) is 14.0. The van der Waals surface area contributed by atoms with Gasteiger partial charge in [0.15, 0.2) is 0 Å². The Balaban J connectivity index is 2.50. The van der Waals surface area contributed by atoms with Crippen molar-refractivity contribution in [3.63, 3.8) is 0 Å². The van der Waals surface area contributed by atoms with Gasteiger partial charge in [0.1, 0.15) is 11.6 Å². The van der Waals surface area contributed by atoms with E-state index in [0.29, 0.717) is 10.0 Å². The fraction of sp³-hybridized carbons (Fsp3) is 0.200. The van der Waals surface area contributed by atoms with Gasteiger partial charge in [-0.2, -0.15) is 0 Å². The van der Waals surface area contributed by atoms with E-state index in [0.717, 1.165) is 11.1 Å². The normalized spacial score (nSPS) is 12.5. The standard InChI is InChI=1S/C15H14BrF2N/c1-9-6-7-10(8-13(9)18)15(19-2)11-4-3-5-12(17)14(11)16/h3-8,15,19H,1-2H3. The van der Waals surface area contributed by atoms with Gasteiger partial charge >= 0.3 is 0 Å². The van der Waals surface area contributed by atoms with Crippen molar-refractivity contribution < 1.29 is 8.78 Å². The highest BCUT2D eigenvalue weighted by atomic mass is 79.9. The molecule has 0 heterocycles. The highest BCUT2D eigenvalue weighted by molar-refractivity contribution is 9.10. The summed E-state index contributed by atoms with van der Waals surface area (Å²) in [7, 11) is 1.76. The van der Waals surface area contributed by atoms with Crippen LogP contribution in [0.15, 0.2) is 40.9 Å². The van der Waals surface area contributed by atoms with Crippen LogP contribution in [0.4, 0.5) is 8.78 Å². The predicted molar refractivity (Wildman–Crippen MR) is 76.1 cm³/mol. The molecule has 0 saturated carbocycles. The Morgan fingerprint density at radius 3 is 2.47 bits per heavy atom. The van der Waals surface area contributed by atoms with Crippen LogP contribution in [-0.4, -0.2) is 7.05 Å². The molecule has 1 atom stereocenters. The minimum absolute atomic E-state index is 0.259. The highest BCUT2D eigenvalue weighted by Gasteiger charge is 2.17. The van der Waals surface area contributed by atoms with Crippen molar-refractivity contribution in [2.75, 3.05) is 7.05 Å². The quantitative estimate of drug-likeness (QED) is 0.884. The number of halogens is 3. The van der Waals surface area contributed by atoms with E-state index in [1.165, 1.54) is 12.1 Å². The van der Waals surface area contributed by atoms with E-state index < -0.39 is 0 Å². The van der Waals surface area contributed by atoms with Crippen LogP contribution in [0.1, 0.15) is 22.7 Å². The van der Waals surface area contributed by atoms with Crippen molar-refractivity contribution in [2.45, 2.75) is 13.0 Å². The van der Waals surface area contributed by atoms with Crippen LogP contribution in [0, 0.1) is 18.6 Å². The second kappa shape index (κ2) is 5.80. The van der Waals surface area contributed by atoms with Crippen LogP contribution in [0.2, 0.25) is 0 Å². The first-order chi connectivity index (χ1) is 9.04. The third-order valence-electron chi connectivity index (χ3n) is 3.11. The molecule has 2 aromatic carbocycles. The minimum Gasteiger partial charge on any atom is -0.309 e. The number of rotatable bonds is 3. The van der Waals surface area contributed by atoms with E-state index in [-0.39, 0.29) is 17.7 Å². The van der Waals surface area contributed by atoms with Crippen molar-refractivity contribution in [2.24, 2.45) is 0 Å². The molecule has 0 spiro atoms. The van der Waals surface area contributed by atoms with Gasteiger partial charge < -0.3 is 5.32 Å². The molecular formula is C15H14BrF2N. The molecule has 0 saturated heterocycles. The molecule has 1 nitrogen and oxygen atoms in total. The fourth-order valence-electron chi connectivity index (χ4n) is 2.03. The Bertz CT molecular complexity index is 599. The minimum atomic E-state index is -0.328. The number of benzene rings is 2. The molecule has 4 heteroatoms.